The predicted octanol–water partition coefficient (Wildman–Crippen LogP) is 4.13. The zero-order valence-electron chi connectivity index (χ0n) is 13.0. The molecule has 0 saturated heterocycles. The second-order valence-electron chi connectivity index (χ2n) is 5.28. The number of carbonyl (C=O) groups is 1. The van der Waals surface area contributed by atoms with Crippen LogP contribution in [0.5, 0.6) is 0 Å². The van der Waals surface area contributed by atoms with Crippen molar-refractivity contribution >= 4 is 17.2 Å². The number of rotatable bonds is 6. The van der Waals surface area contributed by atoms with Crippen molar-refractivity contribution in [2.45, 2.75) is 19.8 Å². The van der Waals surface area contributed by atoms with Crippen molar-refractivity contribution in [1.82, 2.24) is 15.1 Å². The first-order valence-corrected chi connectivity index (χ1v) is 8.64. The highest BCUT2D eigenvalue weighted by Crippen LogP contribution is 2.23. The fourth-order valence-corrected chi connectivity index (χ4v) is 2.96. The Morgan fingerprint density at radius 1 is 1.22 bits per heavy atom. The molecular formula is C18H19N3OS. The number of thiophene rings is 1. The van der Waals surface area contributed by atoms with E-state index in [9.17, 15) is 4.79 Å². The lowest BCUT2D eigenvalue weighted by Crippen LogP contribution is -2.24. The number of aromatic nitrogens is 2. The first-order valence-electron chi connectivity index (χ1n) is 7.76. The Morgan fingerprint density at radius 3 is 2.74 bits per heavy atom. The van der Waals surface area contributed by atoms with E-state index in [4.69, 9.17) is 0 Å². The number of unbranched alkanes of at least 4 members (excludes halogenated alkanes) is 1. The monoisotopic (exact) mass is 325 g/mol. The number of nitrogens with one attached hydrogen (secondary N) is 1. The van der Waals surface area contributed by atoms with E-state index in [1.807, 2.05) is 52.7 Å². The molecule has 2 heterocycles. The van der Waals surface area contributed by atoms with Crippen LogP contribution in [-0.4, -0.2) is 22.2 Å². The van der Waals surface area contributed by atoms with Crippen molar-refractivity contribution < 1.29 is 4.79 Å². The number of carbonyl (C=O) groups excluding carboxylic acids is 1. The van der Waals surface area contributed by atoms with Crippen LogP contribution in [0, 0.1) is 0 Å². The van der Waals surface area contributed by atoms with E-state index >= 15 is 0 Å². The van der Waals surface area contributed by atoms with Crippen LogP contribution in [0.2, 0.25) is 0 Å². The predicted molar refractivity (Wildman–Crippen MR) is 94.1 cm³/mol. The van der Waals surface area contributed by atoms with Gasteiger partial charge in [0, 0.05) is 18.3 Å². The maximum atomic E-state index is 12.0. The Labute approximate surface area is 139 Å². The van der Waals surface area contributed by atoms with E-state index in [-0.39, 0.29) is 5.91 Å². The van der Waals surface area contributed by atoms with Crippen LogP contribution in [0.25, 0.3) is 16.3 Å². The van der Waals surface area contributed by atoms with Crippen LogP contribution >= 0.6 is 11.3 Å². The fourth-order valence-electron chi connectivity index (χ4n) is 2.27. The highest BCUT2D eigenvalue weighted by atomic mass is 32.1. The van der Waals surface area contributed by atoms with Crippen molar-refractivity contribution in [3.05, 3.63) is 59.6 Å². The van der Waals surface area contributed by atoms with Crippen molar-refractivity contribution in [1.29, 1.82) is 0 Å². The van der Waals surface area contributed by atoms with E-state index in [2.05, 4.69) is 23.4 Å². The molecule has 0 unspecified atom stereocenters. The van der Waals surface area contributed by atoms with Crippen LogP contribution in [0.3, 0.4) is 0 Å². The average molecular weight is 325 g/mol. The van der Waals surface area contributed by atoms with E-state index in [1.54, 1.807) is 11.3 Å². The van der Waals surface area contributed by atoms with Gasteiger partial charge in [-0.15, -0.1) is 11.3 Å². The Hall–Kier alpha value is -2.40. The van der Waals surface area contributed by atoms with Gasteiger partial charge in [-0.3, -0.25) is 4.79 Å². The molecule has 3 aromatic rings. The minimum atomic E-state index is -0.0234. The summed E-state index contributed by atoms with van der Waals surface area (Å²) in [6.45, 7) is 2.83. The second-order valence-corrected chi connectivity index (χ2v) is 6.23. The fraction of sp³-hybridized carbons (Fsp3) is 0.222. The van der Waals surface area contributed by atoms with Gasteiger partial charge in [-0.25, -0.2) is 4.68 Å². The Balaban J connectivity index is 1.71. The summed E-state index contributed by atoms with van der Waals surface area (Å²) in [6, 6.07) is 13.6. The Bertz CT molecular complexity index is 760. The van der Waals surface area contributed by atoms with Gasteiger partial charge in [-0.05, 0) is 48.2 Å². The normalized spacial score (nSPS) is 10.7. The summed E-state index contributed by atoms with van der Waals surface area (Å²) in [5.41, 5.74) is 2.58. The van der Waals surface area contributed by atoms with Crippen molar-refractivity contribution in [2.75, 3.05) is 6.54 Å². The standard InChI is InChI=1S/C18H19N3OS/c1-2-3-11-19-18(22)14-6-8-15(9-7-14)21-12-10-16(20-21)17-5-4-13-23-17/h4-10,12-13H,2-3,11H2,1H3,(H,19,22). The van der Waals surface area contributed by atoms with Crippen LogP contribution < -0.4 is 5.32 Å². The molecule has 1 aromatic carbocycles. The SMILES string of the molecule is CCCCNC(=O)c1ccc(-n2ccc(-c3cccs3)n2)cc1. The smallest absolute Gasteiger partial charge is 0.251 e. The van der Waals surface area contributed by atoms with Crippen LogP contribution in [-0.2, 0) is 0 Å². The number of benzene rings is 1. The molecular weight excluding hydrogens is 306 g/mol. The average Bonchev–Trinajstić information content (AvgIpc) is 3.26. The summed E-state index contributed by atoms with van der Waals surface area (Å²) in [7, 11) is 0. The molecule has 23 heavy (non-hydrogen) atoms. The lowest BCUT2D eigenvalue weighted by molar-refractivity contribution is 0.0953. The number of nitrogens with zero attached hydrogens (tertiary/aromatic N) is 2. The molecule has 0 spiro atoms. The van der Waals surface area contributed by atoms with Gasteiger partial charge < -0.3 is 5.32 Å². The molecule has 4 nitrogen and oxygen atoms in total. The molecule has 5 heteroatoms. The van der Waals surface area contributed by atoms with E-state index in [1.165, 1.54) is 0 Å². The second kappa shape index (κ2) is 7.24. The maximum absolute atomic E-state index is 12.0. The topological polar surface area (TPSA) is 46.9 Å². The summed E-state index contributed by atoms with van der Waals surface area (Å²) in [5.74, 6) is -0.0234. The summed E-state index contributed by atoms with van der Waals surface area (Å²) < 4.78 is 1.83. The van der Waals surface area contributed by atoms with Gasteiger partial charge in [0.05, 0.1) is 10.6 Å². The first-order chi connectivity index (χ1) is 11.3. The van der Waals surface area contributed by atoms with Gasteiger partial charge in [-0.2, -0.15) is 5.10 Å². The molecule has 0 bridgehead atoms. The number of hydrogen-bond acceptors (Lipinski definition) is 3. The third-order valence-electron chi connectivity index (χ3n) is 3.57. The quantitative estimate of drug-likeness (QED) is 0.693. The summed E-state index contributed by atoms with van der Waals surface area (Å²) in [4.78, 5) is 13.1. The molecule has 0 aliphatic rings. The molecule has 0 aliphatic heterocycles. The Morgan fingerprint density at radius 2 is 2.04 bits per heavy atom. The zero-order chi connectivity index (χ0) is 16.1. The largest absolute Gasteiger partial charge is 0.352 e. The van der Waals surface area contributed by atoms with Gasteiger partial charge in [0.15, 0.2) is 0 Å². The molecule has 118 valence electrons. The van der Waals surface area contributed by atoms with Gasteiger partial charge in [-0.1, -0.05) is 19.4 Å². The Kier molecular flexibility index (Phi) is 4.88. The zero-order valence-corrected chi connectivity index (χ0v) is 13.8. The molecule has 3 rings (SSSR count). The molecule has 0 atom stereocenters. The molecule has 0 radical (unpaired) electrons. The van der Waals surface area contributed by atoms with Crippen LogP contribution in [0.4, 0.5) is 0 Å². The van der Waals surface area contributed by atoms with Gasteiger partial charge in [0.25, 0.3) is 5.91 Å². The number of hydrogen-bond donors (Lipinski definition) is 1. The summed E-state index contributed by atoms with van der Waals surface area (Å²) >= 11 is 1.67. The lowest BCUT2D eigenvalue weighted by Gasteiger charge is -2.06. The number of amides is 1. The third kappa shape index (κ3) is 3.68. The minimum Gasteiger partial charge on any atom is -0.352 e. The van der Waals surface area contributed by atoms with E-state index in [0.29, 0.717) is 5.56 Å². The minimum absolute atomic E-state index is 0.0234. The molecule has 1 amide bonds. The van der Waals surface area contributed by atoms with E-state index < -0.39 is 0 Å². The lowest BCUT2D eigenvalue weighted by atomic mass is 10.2. The highest BCUT2D eigenvalue weighted by molar-refractivity contribution is 7.13. The van der Waals surface area contributed by atoms with Gasteiger partial charge in [0.2, 0.25) is 0 Å². The molecule has 1 N–H and O–H groups in total. The van der Waals surface area contributed by atoms with Crippen molar-refractivity contribution in [2.24, 2.45) is 0 Å². The maximum Gasteiger partial charge on any atom is 0.251 e. The molecule has 2 aromatic heterocycles. The van der Waals surface area contributed by atoms with Crippen LogP contribution in [0.15, 0.2) is 54.0 Å². The first kappa shape index (κ1) is 15.5. The molecule has 0 saturated carbocycles. The van der Waals surface area contributed by atoms with Crippen molar-refractivity contribution in [3.63, 3.8) is 0 Å². The molecule has 0 aliphatic carbocycles. The van der Waals surface area contributed by atoms with Crippen molar-refractivity contribution in [3.8, 4) is 16.3 Å². The highest BCUT2D eigenvalue weighted by Gasteiger charge is 2.07. The van der Waals surface area contributed by atoms with Crippen LogP contribution in [0.1, 0.15) is 30.1 Å². The third-order valence-corrected chi connectivity index (χ3v) is 4.46. The van der Waals surface area contributed by atoms with Gasteiger partial charge in [0.1, 0.15) is 5.69 Å². The van der Waals surface area contributed by atoms with E-state index in [0.717, 1.165) is 35.6 Å². The summed E-state index contributed by atoms with van der Waals surface area (Å²) in [6.07, 6.45) is 4.01. The summed E-state index contributed by atoms with van der Waals surface area (Å²) in [5, 5.41) is 9.55. The molecule has 0 fully saturated rings. The van der Waals surface area contributed by atoms with Gasteiger partial charge >= 0.3 is 0 Å².